The van der Waals surface area contributed by atoms with E-state index in [2.05, 4.69) is 17.2 Å². The molecule has 1 aromatic heterocycles. The Hall–Kier alpha value is -1.39. The molecule has 2 rings (SSSR count). The molecule has 0 aliphatic rings. The van der Waals surface area contributed by atoms with Gasteiger partial charge in [0, 0.05) is 5.02 Å². The molecule has 1 unspecified atom stereocenters. The van der Waals surface area contributed by atoms with Crippen LogP contribution in [-0.4, -0.2) is 15.0 Å². The first-order chi connectivity index (χ1) is 8.20. The highest BCUT2D eigenvalue weighted by molar-refractivity contribution is 6.30. The summed E-state index contributed by atoms with van der Waals surface area (Å²) in [6, 6.07) is 7.40. The van der Waals surface area contributed by atoms with Gasteiger partial charge in [0.2, 0.25) is 0 Å². The molecule has 5 heteroatoms. The minimum atomic E-state index is -0.0407. The van der Waals surface area contributed by atoms with Crippen molar-refractivity contribution >= 4 is 11.6 Å². The molecule has 0 spiro atoms. The molecule has 1 atom stereocenters. The van der Waals surface area contributed by atoms with E-state index in [4.69, 9.17) is 17.3 Å². The number of aromatic nitrogens is 3. The van der Waals surface area contributed by atoms with Crippen molar-refractivity contribution in [2.24, 2.45) is 5.73 Å². The zero-order valence-corrected chi connectivity index (χ0v) is 10.4. The normalized spacial score (nSPS) is 12.6. The topological polar surface area (TPSA) is 56.7 Å². The molecular weight excluding hydrogens is 236 g/mol. The van der Waals surface area contributed by atoms with Crippen molar-refractivity contribution in [2.45, 2.75) is 25.8 Å². The number of nitrogens with two attached hydrogens (primary N) is 1. The van der Waals surface area contributed by atoms with Gasteiger partial charge in [0.05, 0.1) is 23.6 Å². The lowest BCUT2D eigenvalue weighted by Gasteiger charge is -2.04. The summed E-state index contributed by atoms with van der Waals surface area (Å²) in [6.45, 7) is 2.10. The van der Waals surface area contributed by atoms with Gasteiger partial charge in [-0.05, 0) is 30.7 Å². The van der Waals surface area contributed by atoms with Crippen LogP contribution in [0.4, 0.5) is 0 Å². The van der Waals surface area contributed by atoms with Crippen molar-refractivity contribution < 1.29 is 0 Å². The van der Waals surface area contributed by atoms with Crippen LogP contribution >= 0.6 is 11.6 Å². The first-order valence-electron chi connectivity index (χ1n) is 5.64. The average molecular weight is 251 g/mol. The first kappa shape index (κ1) is 12.1. The predicted molar refractivity (Wildman–Crippen MR) is 68.2 cm³/mol. The maximum Gasteiger partial charge on any atom is 0.0998 e. The first-order valence-corrected chi connectivity index (χ1v) is 6.02. The molecular formula is C12H15ClN4. The second-order valence-corrected chi connectivity index (χ2v) is 4.40. The molecule has 0 aliphatic carbocycles. The van der Waals surface area contributed by atoms with Gasteiger partial charge < -0.3 is 5.73 Å². The molecule has 1 aromatic carbocycles. The van der Waals surface area contributed by atoms with Crippen LogP contribution in [0.25, 0.3) is 5.69 Å². The van der Waals surface area contributed by atoms with Crippen LogP contribution in [0.5, 0.6) is 0 Å². The summed E-state index contributed by atoms with van der Waals surface area (Å²) < 4.78 is 1.71. The van der Waals surface area contributed by atoms with Crippen molar-refractivity contribution in [3.8, 4) is 5.69 Å². The largest absolute Gasteiger partial charge is 0.323 e. The van der Waals surface area contributed by atoms with E-state index in [-0.39, 0.29) is 6.04 Å². The third-order valence-corrected chi connectivity index (χ3v) is 2.83. The zero-order chi connectivity index (χ0) is 12.3. The second-order valence-electron chi connectivity index (χ2n) is 3.96. The minimum Gasteiger partial charge on any atom is -0.323 e. The molecule has 0 saturated heterocycles. The molecule has 2 aromatic rings. The highest BCUT2D eigenvalue weighted by Gasteiger charge is 2.10. The van der Waals surface area contributed by atoms with Crippen LogP contribution in [0.3, 0.4) is 0 Å². The minimum absolute atomic E-state index is 0.0407. The SMILES string of the molecule is CCCC(N)c1cn(-c2ccc(Cl)cc2)nn1. The fourth-order valence-electron chi connectivity index (χ4n) is 1.63. The molecule has 0 amide bonds. The molecule has 0 saturated carbocycles. The highest BCUT2D eigenvalue weighted by atomic mass is 35.5. The van der Waals surface area contributed by atoms with Gasteiger partial charge in [-0.3, -0.25) is 0 Å². The van der Waals surface area contributed by atoms with Crippen molar-refractivity contribution in [1.82, 2.24) is 15.0 Å². The highest BCUT2D eigenvalue weighted by Crippen LogP contribution is 2.16. The van der Waals surface area contributed by atoms with Gasteiger partial charge in [-0.2, -0.15) is 0 Å². The lowest BCUT2D eigenvalue weighted by atomic mass is 10.1. The summed E-state index contributed by atoms with van der Waals surface area (Å²) in [5.74, 6) is 0. The lowest BCUT2D eigenvalue weighted by molar-refractivity contribution is 0.619. The standard InChI is InChI=1S/C12H15ClN4/c1-2-3-11(14)12-8-17(16-15-12)10-6-4-9(13)5-7-10/h4-8,11H,2-3,14H2,1H3. The zero-order valence-electron chi connectivity index (χ0n) is 9.68. The smallest absolute Gasteiger partial charge is 0.0998 e. The summed E-state index contributed by atoms with van der Waals surface area (Å²) in [6.07, 6.45) is 3.82. The number of nitrogens with zero attached hydrogens (tertiary/aromatic N) is 3. The Morgan fingerprint density at radius 2 is 2.06 bits per heavy atom. The Morgan fingerprint density at radius 1 is 1.35 bits per heavy atom. The third-order valence-electron chi connectivity index (χ3n) is 2.58. The predicted octanol–water partition coefficient (Wildman–Crippen LogP) is 2.72. The Balaban J connectivity index is 2.20. The molecule has 2 N–H and O–H groups in total. The number of rotatable bonds is 4. The van der Waals surface area contributed by atoms with Crippen LogP contribution in [0.2, 0.25) is 5.02 Å². The van der Waals surface area contributed by atoms with Crippen molar-refractivity contribution in [3.05, 3.63) is 41.2 Å². The summed E-state index contributed by atoms with van der Waals surface area (Å²) in [5.41, 5.74) is 7.73. The number of halogens is 1. The fraction of sp³-hybridized carbons (Fsp3) is 0.333. The van der Waals surface area contributed by atoms with Gasteiger partial charge in [-0.1, -0.05) is 30.2 Å². The van der Waals surface area contributed by atoms with Crippen LogP contribution in [0.1, 0.15) is 31.5 Å². The summed E-state index contributed by atoms with van der Waals surface area (Å²) >= 11 is 5.83. The van der Waals surface area contributed by atoms with E-state index in [1.807, 2.05) is 30.5 Å². The molecule has 0 aliphatic heterocycles. The molecule has 17 heavy (non-hydrogen) atoms. The van der Waals surface area contributed by atoms with Crippen LogP contribution in [-0.2, 0) is 0 Å². The Bertz CT molecular complexity index is 478. The number of benzene rings is 1. The van der Waals surface area contributed by atoms with Crippen molar-refractivity contribution in [2.75, 3.05) is 0 Å². The number of hydrogen-bond donors (Lipinski definition) is 1. The maximum atomic E-state index is 5.98. The van der Waals surface area contributed by atoms with Gasteiger partial charge in [0.25, 0.3) is 0 Å². The molecule has 90 valence electrons. The average Bonchev–Trinajstić information content (AvgIpc) is 2.80. The molecule has 0 bridgehead atoms. The third kappa shape index (κ3) is 2.84. The number of hydrogen-bond acceptors (Lipinski definition) is 3. The fourth-order valence-corrected chi connectivity index (χ4v) is 1.75. The maximum absolute atomic E-state index is 5.98. The van der Waals surface area contributed by atoms with Gasteiger partial charge >= 0.3 is 0 Å². The van der Waals surface area contributed by atoms with E-state index in [1.54, 1.807) is 4.68 Å². The van der Waals surface area contributed by atoms with E-state index in [0.717, 1.165) is 24.2 Å². The van der Waals surface area contributed by atoms with E-state index >= 15 is 0 Å². The van der Waals surface area contributed by atoms with E-state index in [0.29, 0.717) is 5.02 Å². The van der Waals surface area contributed by atoms with Crippen LogP contribution in [0.15, 0.2) is 30.5 Å². The summed E-state index contributed by atoms with van der Waals surface area (Å²) in [7, 11) is 0. The van der Waals surface area contributed by atoms with Crippen molar-refractivity contribution in [1.29, 1.82) is 0 Å². The van der Waals surface area contributed by atoms with Crippen LogP contribution < -0.4 is 5.73 Å². The van der Waals surface area contributed by atoms with Crippen molar-refractivity contribution in [3.63, 3.8) is 0 Å². The van der Waals surface area contributed by atoms with E-state index in [9.17, 15) is 0 Å². The van der Waals surface area contributed by atoms with Gasteiger partial charge in [0.1, 0.15) is 0 Å². The Labute approximate surface area is 105 Å². The van der Waals surface area contributed by atoms with Gasteiger partial charge in [0.15, 0.2) is 0 Å². The van der Waals surface area contributed by atoms with E-state index < -0.39 is 0 Å². The molecule has 0 radical (unpaired) electrons. The molecule has 1 heterocycles. The molecule has 4 nitrogen and oxygen atoms in total. The monoisotopic (exact) mass is 250 g/mol. The van der Waals surface area contributed by atoms with Gasteiger partial charge in [-0.15, -0.1) is 5.10 Å². The summed E-state index contributed by atoms with van der Waals surface area (Å²) in [4.78, 5) is 0. The van der Waals surface area contributed by atoms with E-state index in [1.165, 1.54) is 0 Å². The summed E-state index contributed by atoms with van der Waals surface area (Å²) in [5, 5.41) is 8.86. The quantitative estimate of drug-likeness (QED) is 0.908. The second kappa shape index (κ2) is 5.29. The Kier molecular flexibility index (Phi) is 3.76. The van der Waals surface area contributed by atoms with Crippen LogP contribution in [0, 0.1) is 0 Å². The van der Waals surface area contributed by atoms with Gasteiger partial charge in [-0.25, -0.2) is 4.68 Å². The lowest BCUT2D eigenvalue weighted by Crippen LogP contribution is -2.09. The molecule has 0 fully saturated rings. The Morgan fingerprint density at radius 3 is 2.71 bits per heavy atom.